The smallest absolute Gasteiger partial charge is 0.0646 e. The Labute approximate surface area is 61.7 Å². The van der Waals surface area contributed by atoms with E-state index < -0.39 is 0 Å². The fourth-order valence-electron chi connectivity index (χ4n) is 2.23. The van der Waals surface area contributed by atoms with Crippen LogP contribution in [-0.4, -0.2) is 18.8 Å². The van der Waals surface area contributed by atoms with Gasteiger partial charge in [-0.05, 0) is 19.3 Å². The standard InChI is InChI=1S/C8H15NO/c1-8(5-9)4-6-2-3-7(8)10-6/h6-7H,2-5,9H2,1H3/t6-,7-,8-/m1/s1. The van der Waals surface area contributed by atoms with Gasteiger partial charge in [0.1, 0.15) is 0 Å². The Morgan fingerprint density at radius 2 is 2.40 bits per heavy atom. The molecule has 58 valence electrons. The summed E-state index contributed by atoms with van der Waals surface area (Å²) in [5.74, 6) is 0. The third-order valence-electron chi connectivity index (χ3n) is 3.05. The largest absolute Gasteiger partial charge is 0.374 e. The molecule has 2 bridgehead atoms. The lowest BCUT2D eigenvalue weighted by molar-refractivity contribution is 0.0704. The van der Waals surface area contributed by atoms with Gasteiger partial charge in [-0.15, -0.1) is 0 Å². The molecule has 0 aromatic carbocycles. The number of ether oxygens (including phenoxy) is 1. The molecule has 2 heterocycles. The number of hydrogen-bond acceptors (Lipinski definition) is 2. The van der Waals surface area contributed by atoms with Crippen LogP contribution in [0.4, 0.5) is 0 Å². The van der Waals surface area contributed by atoms with Gasteiger partial charge in [0.2, 0.25) is 0 Å². The average Bonchev–Trinajstić information content (AvgIpc) is 2.46. The molecular weight excluding hydrogens is 126 g/mol. The van der Waals surface area contributed by atoms with Gasteiger partial charge in [0, 0.05) is 12.0 Å². The van der Waals surface area contributed by atoms with Gasteiger partial charge in [-0.3, -0.25) is 0 Å². The summed E-state index contributed by atoms with van der Waals surface area (Å²) in [7, 11) is 0. The minimum absolute atomic E-state index is 0.308. The zero-order chi connectivity index (χ0) is 7.19. The van der Waals surface area contributed by atoms with Crippen LogP contribution in [0.25, 0.3) is 0 Å². The van der Waals surface area contributed by atoms with Gasteiger partial charge in [0.15, 0.2) is 0 Å². The van der Waals surface area contributed by atoms with E-state index in [-0.39, 0.29) is 0 Å². The van der Waals surface area contributed by atoms with E-state index in [4.69, 9.17) is 10.5 Å². The Bertz CT molecular complexity index is 148. The van der Waals surface area contributed by atoms with E-state index in [2.05, 4.69) is 6.92 Å². The maximum Gasteiger partial charge on any atom is 0.0646 e. The maximum absolute atomic E-state index is 5.70. The number of rotatable bonds is 1. The molecule has 0 amide bonds. The topological polar surface area (TPSA) is 35.2 Å². The molecule has 2 heteroatoms. The quantitative estimate of drug-likeness (QED) is 0.589. The summed E-state index contributed by atoms with van der Waals surface area (Å²) in [6, 6.07) is 0. The van der Waals surface area contributed by atoms with Crippen molar-refractivity contribution in [3.63, 3.8) is 0 Å². The van der Waals surface area contributed by atoms with Crippen molar-refractivity contribution in [1.29, 1.82) is 0 Å². The van der Waals surface area contributed by atoms with E-state index in [0.717, 1.165) is 6.54 Å². The zero-order valence-corrected chi connectivity index (χ0v) is 6.47. The molecule has 2 aliphatic rings. The predicted molar refractivity (Wildman–Crippen MR) is 39.7 cm³/mol. The summed E-state index contributed by atoms with van der Waals surface area (Å²) in [6.45, 7) is 3.03. The van der Waals surface area contributed by atoms with Crippen molar-refractivity contribution < 1.29 is 4.74 Å². The Morgan fingerprint density at radius 3 is 2.70 bits per heavy atom. The minimum Gasteiger partial charge on any atom is -0.374 e. The van der Waals surface area contributed by atoms with Crippen molar-refractivity contribution in [3.05, 3.63) is 0 Å². The lowest BCUT2D eigenvalue weighted by Crippen LogP contribution is -2.36. The maximum atomic E-state index is 5.70. The fraction of sp³-hybridized carbons (Fsp3) is 1.00. The highest BCUT2D eigenvalue weighted by atomic mass is 16.5. The normalized spacial score (nSPS) is 52.2. The molecule has 0 spiro atoms. The second-order valence-corrected chi connectivity index (χ2v) is 3.89. The molecular formula is C8H15NO. The summed E-state index contributed by atoms with van der Waals surface area (Å²) >= 11 is 0. The van der Waals surface area contributed by atoms with Crippen LogP contribution in [0.15, 0.2) is 0 Å². The molecule has 3 atom stereocenters. The Hall–Kier alpha value is -0.0800. The van der Waals surface area contributed by atoms with Gasteiger partial charge < -0.3 is 10.5 Å². The minimum atomic E-state index is 0.308. The molecule has 0 unspecified atom stereocenters. The average molecular weight is 141 g/mol. The van der Waals surface area contributed by atoms with Crippen LogP contribution in [0.1, 0.15) is 26.2 Å². The molecule has 0 radical (unpaired) electrons. The number of hydrogen-bond donors (Lipinski definition) is 1. The van der Waals surface area contributed by atoms with Crippen LogP contribution < -0.4 is 5.73 Å². The highest BCUT2D eigenvalue weighted by Gasteiger charge is 2.48. The molecule has 0 aromatic heterocycles. The van der Waals surface area contributed by atoms with Crippen molar-refractivity contribution in [2.24, 2.45) is 11.1 Å². The van der Waals surface area contributed by atoms with Crippen LogP contribution in [-0.2, 0) is 4.74 Å². The molecule has 0 aliphatic carbocycles. The second kappa shape index (κ2) is 1.95. The Balaban J connectivity index is 2.14. The van der Waals surface area contributed by atoms with Crippen molar-refractivity contribution in [3.8, 4) is 0 Å². The van der Waals surface area contributed by atoms with Crippen molar-refractivity contribution >= 4 is 0 Å². The highest BCUT2D eigenvalue weighted by Crippen LogP contribution is 2.46. The zero-order valence-electron chi connectivity index (χ0n) is 6.47. The second-order valence-electron chi connectivity index (χ2n) is 3.89. The van der Waals surface area contributed by atoms with Crippen molar-refractivity contribution in [1.82, 2.24) is 0 Å². The first kappa shape index (κ1) is 6.62. The fourth-order valence-corrected chi connectivity index (χ4v) is 2.23. The lowest BCUT2D eigenvalue weighted by Gasteiger charge is -2.29. The SMILES string of the molecule is C[C@]1(CN)C[C@H]2CC[C@H]1O2. The predicted octanol–water partition coefficient (Wildman–Crippen LogP) is 0.903. The molecule has 2 saturated heterocycles. The van der Waals surface area contributed by atoms with Gasteiger partial charge in [0.25, 0.3) is 0 Å². The molecule has 0 saturated carbocycles. The summed E-state index contributed by atoms with van der Waals surface area (Å²) in [5, 5.41) is 0. The van der Waals surface area contributed by atoms with Gasteiger partial charge in [0.05, 0.1) is 12.2 Å². The molecule has 10 heavy (non-hydrogen) atoms. The number of nitrogens with two attached hydrogens (primary N) is 1. The van der Waals surface area contributed by atoms with Crippen LogP contribution >= 0.6 is 0 Å². The van der Waals surface area contributed by atoms with E-state index in [1.165, 1.54) is 19.3 Å². The van der Waals surface area contributed by atoms with Crippen LogP contribution in [0.3, 0.4) is 0 Å². The van der Waals surface area contributed by atoms with Crippen molar-refractivity contribution in [2.75, 3.05) is 6.54 Å². The third-order valence-corrected chi connectivity index (χ3v) is 3.05. The van der Waals surface area contributed by atoms with E-state index in [0.29, 0.717) is 17.6 Å². The van der Waals surface area contributed by atoms with Gasteiger partial charge in [-0.25, -0.2) is 0 Å². The molecule has 2 N–H and O–H groups in total. The van der Waals surface area contributed by atoms with E-state index in [1.807, 2.05) is 0 Å². The van der Waals surface area contributed by atoms with Crippen LogP contribution in [0, 0.1) is 5.41 Å². The summed E-state index contributed by atoms with van der Waals surface area (Å²) in [6.07, 6.45) is 4.70. The lowest BCUT2D eigenvalue weighted by atomic mass is 9.76. The molecule has 0 aromatic rings. The Kier molecular flexibility index (Phi) is 1.29. The Morgan fingerprint density at radius 1 is 1.60 bits per heavy atom. The van der Waals surface area contributed by atoms with Crippen molar-refractivity contribution in [2.45, 2.75) is 38.4 Å². The third kappa shape index (κ3) is 0.722. The molecule has 2 aliphatic heterocycles. The van der Waals surface area contributed by atoms with E-state index in [9.17, 15) is 0 Å². The molecule has 2 nitrogen and oxygen atoms in total. The van der Waals surface area contributed by atoms with Crippen LogP contribution in [0.2, 0.25) is 0 Å². The first-order valence-electron chi connectivity index (χ1n) is 4.10. The monoisotopic (exact) mass is 141 g/mol. The summed E-state index contributed by atoms with van der Waals surface area (Å²) in [5.41, 5.74) is 5.98. The van der Waals surface area contributed by atoms with E-state index in [1.54, 1.807) is 0 Å². The summed E-state index contributed by atoms with van der Waals surface area (Å²) < 4.78 is 5.70. The highest BCUT2D eigenvalue weighted by molar-refractivity contribution is 4.98. The van der Waals surface area contributed by atoms with E-state index >= 15 is 0 Å². The van der Waals surface area contributed by atoms with Gasteiger partial charge in [-0.1, -0.05) is 6.92 Å². The number of fused-ring (bicyclic) bond motifs is 2. The first-order valence-corrected chi connectivity index (χ1v) is 4.10. The van der Waals surface area contributed by atoms with Gasteiger partial charge in [-0.2, -0.15) is 0 Å². The molecule has 2 rings (SSSR count). The van der Waals surface area contributed by atoms with Crippen LogP contribution in [0.5, 0.6) is 0 Å². The first-order chi connectivity index (χ1) is 4.74. The van der Waals surface area contributed by atoms with Gasteiger partial charge >= 0.3 is 0 Å². The molecule has 2 fully saturated rings. The summed E-state index contributed by atoms with van der Waals surface area (Å²) in [4.78, 5) is 0.